The molecule has 1 aliphatic rings. The van der Waals surface area contributed by atoms with E-state index in [1.54, 1.807) is 0 Å². The summed E-state index contributed by atoms with van der Waals surface area (Å²) >= 11 is 0. The fourth-order valence-electron chi connectivity index (χ4n) is 3.36. The summed E-state index contributed by atoms with van der Waals surface area (Å²) in [7, 11) is 0. The van der Waals surface area contributed by atoms with Crippen LogP contribution in [-0.4, -0.2) is 58.9 Å². The van der Waals surface area contributed by atoms with E-state index >= 15 is 0 Å². The molecule has 3 aromatic rings. The van der Waals surface area contributed by atoms with Gasteiger partial charge in [-0.25, -0.2) is 0 Å². The number of hydrogen-bond acceptors (Lipinski definition) is 5. The summed E-state index contributed by atoms with van der Waals surface area (Å²) in [4.78, 5) is 2.45. The molecule has 6 heteroatoms. The first-order valence-electron chi connectivity index (χ1n) is 8.60. The van der Waals surface area contributed by atoms with Gasteiger partial charge in [0.25, 0.3) is 0 Å². The molecule has 1 aliphatic heterocycles. The van der Waals surface area contributed by atoms with Crippen LogP contribution in [0.15, 0.2) is 30.5 Å². The SMILES string of the molecule is Cc1nnc(NCCCN2CCOCC2)c2cc3ccccn3c12. The lowest BCUT2D eigenvalue weighted by Gasteiger charge is -2.26. The topological polar surface area (TPSA) is 54.7 Å². The maximum absolute atomic E-state index is 5.39. The molecular weight excluding hydrogens is 302 g/mol. The minimum Gasteiger partial charge on any atom is -0.379 e. The normalized spacial score (nSPS) is 16.0. The summed E-state index contributed by atoms with van der Waals surface area (Å²) in [5.74, 6) is 0.876. The number of morpholine rings is 1. The number of anilines is 1. The van der Waals surface area contributed by atoms with Crippen LogP contribution in [0.2, 0.25) is 0 Å². The largest absolute Gasteiger partial charge is 0.379 e. The monoisotopic (exact) mass is 325 g/mol. The van der Waals surface area contributed by atoms with Gasteiger partial charge in [0, 0.05) is 36.7 Å². The summed E-state index contributed by atoms with van der Waals surface area (Å²) in [5, 5.41) is 13.3. The van der Waals surface area contributed by atoms with E-state index in [1.165, 1.54) is 5.52 Å². The summed E-state index contributed by atoms with van der Waals surface area (Å²) in [6.07, 6.45) is 3.17. The van der Waals surface area contributed by atoms with Crippen molar-refractivity contribution in [2.75, 3.05) is 44.7 Å². The zero-order chi connectivity index (χ0) is 16.4. The van der Waals surface area contributed by atoms with E-state index in [-0.39, 0.29) is 0 Å². The number of hydrogen-bond donors (Lipinski definition) is 1. The molecule has 0 saturated carbocycles. The molecule has 0 spiro atoms. The van der Waals surface area contributed by atoms with E-state index in [9.17, 15) is 0 Å². The van der Waals surface area contributed by atoms with Gasteiger partial charge in [-0.1, -0.05) is 6.07 Å². The quantitative estimate of drug-likeness (QED) is 0.730. The molecular formula is C18H23N5O. The molecule has 0 bridgehead atoms. The third-order valence-corrected chi connectivity index (χ3v) is 4.62. The highest BCUT2D eigenvalue weighted by molar-refractivity contribution is 5.96. The van der Waals surface area contributed by atoms with Crippen molar-refractivity contribution in [1.29, 1.82) is 0 Å². The van der Waals surface area contributed by atoms with E-state index < -0.39 is 0 Å². The van der Waals surface area contributed by atoms with Crippen molar-refractivity contribution < 1.29 is 4.74 Å². The second-order valence-corrected chi connectivity index (χ2v) is 6.27. The number of ether oxygens (including phenoxy) is 1. The Kier molecular flexibility index (Phi) is 4.32. The summed E-state index contributed by atoms with van der Waals surface area (Å²) in [6.45, 7) is 7.80. The molecule has 0 aromatic carbocycles. The van der Waals surface area contributed by atoms with Crippen LogP contribution in [0.4, 0.5) is 5.82 Å². The van der Waals surface area contributed by atoms with Gasteiger partial charge in [0.15, 0.2) is 5.82 Å². The second-order valence-electron chi connectivity index (χ2n) is 6.27. The third-order valence-electron chi connectivity index (χ3n) is 4.62. The fourth-order valence-corrected chi connectivity index (χ4v) is 3.36. The van der Waals surface area contributed by atoms with Gasteiger partial charge in [-0.3, -0.25) is 4.90 Å². The predicted octanol–water partition coefficient (Wildman–Crippen LogP) is 2.33. The predicted molar refractivity (Wildman–Crippen MR) is 95.6 cm³/mol. The molecule has 0 atom stereocenters. The molecule has 0 amide bonds. The van der Waals surface area contributed by atoms with E-state index in [2.05, 4.69) is 49.2 Å². The lowest BCUT2D eigenvalue weighted by molar-refractivity contribution is 0.0378. The molecule has 1 fully saturated rings. The molecule has 1 saturated heterocycles. The van der Waals surface area contributed by atoms with Crippen LogP contribution in [0.1, 0.15) is 12.1 Å². The molecule has 6 nitrogen and oxygen atoms in total. The lowest BCUT2D eigenvalue weighted by atomic mass is 10.2. The Morgan fingerprint density at radius 2 is 2.08 bits per heavy atom. The van der Waals surface area contributed by atoms with Crippen molar-refractivity contribution in [1.82, 2.24) is 19.5 Å². The van der Waals surface area contributed by atoms with Crippen LogP contribution < -0.4 is 5.32 Å². The van der Waals surface area contributed by atoms with Crippen LogP contribution in [0.25, 0.3) is 16.4 Å². The Balaban J connectivity index is 1.49. The first kappa shape index (κ1) is 15.4. The first-order valence-corrected chi connectivity index (χ1v) is 8.60. The van der Waals surface area contributed by atoms with Crippen LogP contribution in [0, 0.1) is 6.92 Å². The highest BCUT2D eigenvalue weighted by Gasteiger charge is 2.12. The van der Waals surface area contributed by atoms with Crippen molar-refractivity contribution in [2.45, 2.75) is 13.3 Å². The average Bonchev–Trinajstić information content (AvgIpc) is 3.02. The van der Waals surface area contributed by atoms with Crippen LogP contribution in [-0.2, 0) is 4.74 Å². The molecule has 4 rings (SSSR count). The Labute approximate surface area is 141 Å². The Morgan fingerprint density at radius 1 is 1.21 bits per heavy atom. The Bertz CT molecular complexity index is 838. The molecule has 126 valence electrons. The third kappa shape index (κ3) is 2.95. The van der Waals surface area contributed by atoms with Gasteiger partial charge < -0.3 is 14.5 Å². The van der Waals surface area contributed by atoms with Crippen molar-refractivity contribution >= 4 is 22.2 Å². The number of rotatable bonds is 5. The maximum Gasteiger partial charge on any atom is 0.158 e. The standard InChI is InChI=1S/C18H23N5O/c1-14-17-16(13-15-5-2-3-8-23(15)17)18(21-20-14)19-6-4-7-22-9-11-24-12-10-22/h2-3,5,8,13H,4,6-7,9-12H2,1H3,(H,19,21). The number of pyridine rings is 1. The van der Waals surface area contributed by atoms with E-state index in [1.807, 2.05) is 13.0 Å². The highest BCUT2D eigenvalue weighted by Crippen LogP contribution is 2.26. The van der Waals surface area contributed by atoms with Crippen LogP contribution >= 0.6 is 0 Å². The van der Waals surface area contributed by atoms with Crippen molar-refractivity contribution in [3.05, 3.63) is 36.2 Å². The average molecular weight is 325 g/mol. The number of aryl methyl sites for hydroxylation is 1. The van der Waals surface area contributed by atoms with Gasteiger partial charge >= 0.3 is 0 Å². The highest BCUT2D eigenvalue weighted by atomic mass is 16.5. The Hall–Kier alpha value is -2.18. The number of nitrogens with one attached hydrogen (secondary N) is 1. The van der Waals surface area contributed by atoms with Gasteiger partial charge in [0.1, 0.15) is 0 Å². The minimum atomic E-state index is 0.856. The number of fused-ring (bicyclic) bond motifs is 3. The summed E-state index contributed by atoms with van der Waals surface area (Å²) in [5.41, 5.74) is 3.26. The van der Waals surface area contributed by atoms with Crippen molar-refractivity contribution in [2.24, 2.45) is 0 Å². The van der Waals surface area contributed by atoms with Gasteiger partial charge in [-0.2, -0.15) is 5.10 Å². The summed E-state index contributed by atoms with van der Waals surface area (Å²) < 4.78 is 7.56. The molecule has 3 aromatic heterocycles. The van der Waals surface area contributed by atoms with Gasteiger partial charge in [-0.15, -0.1) is 5.10 Å². The molecule has 24 heavy (non-hydrogen) atoms. The van der Waals surface area contributed by atoms with E-state index in [0.29, 0.717) is 0 Å². The molecule has 1 N–H and O–H groups in total. The van der Waals surface area contributed by atoms with Gasteiger partial charge in [-0.05, 0) is 38.1 Å². The zero-order valence-corrected chi connectivity index (χ0v) is 14.0. The van der Waals surface area contributed by atoms with E-state index in [4.69, 9.17) is 4.74 Å². The molecule has 0 unspecified atom stereocenters. The van der Waals surface area contributed by atoms with Gasteiger partial charge in [0.05, 0.1) is 24.4 Å². The minimum absolute atomic E-state index is 0.856. The lowest BCUT2D eigenvalue weighted by Crippen LogP contribution is -2.37. The van der Waals surface area contributed by atoms with Gasteiger partial charge in [0.2, 0.25) is 0 Å². The fraction of sp³-hybridized carbons (Fsp3) is 0.444. The van der Waals surface area contributed by atoms with Crippen LogP contribution in [0.3, 0.4) is 0 Å². The second kappa shape index (κ2) is 6.75. The van der Waals surface area contributed by atoms with Crippen molar-refractivity contribution in [3.8, 4) is 0 Å². The number of nitrogens with zero attached hydrogens (tertiary/aromatic N) is 4. The number of aromatic nitrogens is 3. The molecule has 0 radical (unpaired) electrons. The van der Waals surface area contributed by atoms with Crippen molar-refractivity contribution in [3.63, 3.8) is 0 Å². The molecule has 0 aliphatic carbocycles. The Morgan fingerprint density at radius 3 is 2.96 bits per heavy atom. The van der Waals surface area contributed by atoms with E-state index in [0.717, 1.165) is 68.2 Å². The maximum atomic E-state index is 5.39. The smallest absolute Gasteiger partial charge is 0.158 e. The summed E-state index contributed by atoms with van der Waals surface area (Å²) in [6, 6.07) is 8.39. The zero-order valence-electron chi connectivity index (χ0n) is 14.0. The van der Waals surface area contributed by atoms with Crippen LogP contribution in [0.5, 0.6) is 0 Å². The molecule has 4 heterocycles. The first-order chi connectivity index (χ1) is 11.8.